The molecule has 0 unspecified atom stereocenters. The number of carbonyl (C=O) groups is 1. The number of amides is 1. The van der Waals surface area contributed by atoms with Gasteiger partial charge in [-0.1, -0.05) is 18.5 Å². The number of benzene rings is 1. The van der Waals surface area contributed by atoms with Gasteiger partial charge in [-0.3, -0.25) is 9.48 Å². The van der Waals surface area contributed by atoms with Crippen LogP contribution in [-0.4, -0.2) is 15.7 Å². The normalized spacial score (nSPS) is 10.5. The number of nitrogens with zero attached hydrogens (tertiary/aromatic N) is 2. The molecule has 3 N–H and O–H groups in total. The van der Waals surface area contributed by atoms with Crippen molar-refractivity contribution in [3.05, 3.63) is 40.7 Å². The van der Waals surface area contributed by atoms with Gasteiger partial charge in [0.05, 0.1) is 22.0 Å². The smallest absolute Gasteiger partial charge is 0.259 e. The van der Waals surface area contributed by atoms with E-state index in [4.69, 9.17) is 17.3 Å². The van der Waals surface area contributed by atoms with Crippen LogP contribution in [0.2, 0.25) is 5.02 Å². The van der Waals surface area contributed by atoms with E-state index in [1.54, 1.807) is 36.1 Å². The van der Waals surface area contributed by atoms with Crippen molar-refractivity contribution >= 4 is 28.9 Å². The van der Waals surface area contributed by atoms with Gasteiger partial charge in [-0.2, -0.15) is 5.10 Å². The van der Waals surface area contributed by atoms with Gasteiger partial charge in [-0.05, 0) is 24.6 Å². The number of rotatable bonds is 3. The highest BCUT2D eigenvalue weighted by Gasteiger charge is 2.14. The Bertz CT molecular complexity index is 621. The Kier molecular flexibility index (Phi) is 3.76. The predicted octanol–water partition coefficient (Wildman–Crippen LogP) is 2.47. The first-order valence-corrected chi connectivity index (χ1v) is 6.28. The fourth-order valence-corrected chi connectivity index (χ4v) is 1.97. The number of nitrogen functional groups attached to an aromatic ring is 1. The summed E-state index contributed by atoms with van der Waals surface area (Å²) in [7, 11) is 1.79. The van der Waals surface area contributed by atoms with Crippen LogP contribution in [0.4, 0.5) is 11.4 Å². The standard InChI is InChI=1S/C13H15ClN4O/c1-3-12-9(7-18(2)17-12)13(19)16-8-4-5-11(15)10(14)6-8/h4-7H,3,15H2,1-2H3,(H,16,19). The van der Waals surface area contributed by atoms with Gasteiger partial charge < -0.3 is 11.1 Å². The van der Waals surface area contributed by atoms with E-state index in [1.165, 1.54) is 0 Å². The van der Waals surface area contributed by atoms with E-state index in [0.717, 1.165) is 5.69 Å². The molecule has 0 fully saturated rings. The summed E-state index contributed by atoms with van der Waals surface area (Å²) in [6.07, 6.45) is 2.40. The number of nitrogens with two attached hydrogens (primary N) is 1. The summed E-state index contributed by atoms with van der Waals surface area (Å²) >= 11 is 5.91. The minimum absolute atomic E-state index is 0.203. The molecule has 0 aliphatic carbocycles. The highest BCUT2D eigenvalue weighted by Crippen LogP contribution is 2.23. The van der Waals surface area contributed by atoms with Gasteiger partial charge in [0.2, 0.25) is 0 Å². The Morgan fingerprint density at radius 2 is 2.26 bits per heavy atom. The van der Waals surface area contributed by atoms with E-state index in [2.05, 4.69) is 10.4 Å². The second kappa shape index (κ2) is 5.32. The molecular weight excluding hydrogens is 264 g/mol. The van der Waals surface area contributed by atoms with Gasteiger partial charge in [0.15, 0.2) is 0 Å². The Balaban J connectivity index is 2.22. The van der Waals surface area contributed by atoms with Crippen LogP contribution in [0, 0.1) is 0 Å². The number of halogens is 1. The highest BCUT2D eigenvalue weighted by atomic mass is 35.5. The fourth-order valence-electron chi connectivity index (χ4n) is 1.79. The quantitative estimate of drug-likeness (QED) is 0.847. The van der Waals surface area contributed by atoms with Gasteiger partial charge in [-0.15, -0.1) is 0 Å². The Labute approximate surface area is 116 Å². The molecule has 19 heavy (non-hydrogen) atoms. The second-order valence-electron chi connectivity index (χ2n) is 4.21. The lowest BCUT2D eigenvalue weighted by Gasteiger charge is -2.06. The van der Waals surface area contributed by atoms with Crippen LogP contribution in [0.1, 0.15) is 23.0 Å². The van der Waals surface area contributed by atoms with Crippen molar-refractivity contribution in [2.45, 2.75) is 13.3 Å². The van der Waals surface area contributed by atoms with Crippen molar-refractivity contribution in [2.24, 2.45) is 7.05 Å². The van der Waals surface area contributed by atoms with Crippen LogP contribution in [0.5, 0.6) is 0 Å². The van der Waals surface area contributed by atoms with E-state index in [1.807, 2.05) is 6.92 Å². The molecule has 0 aliphatic heterocycles. The molecule has 1 amide bonds. The number of nitrogens with one attached hydrogen (secondary N) is 1. The number of carbonyl (C=O) groups excluding carboxylic acids is 1. The molecule has 0 spiro atoms. The van der Waals surface area contributed by atoms with Crippen molar-refractivity contribution < 1.29 is 4.79 Å². The minimum Gasteiger partial charge on any atom is -0.398 e. The van der Waals surface area contributed by atoms with Gasteiger partial charge >= 0.3 is 0 Å². The third kappa shape index (κ3) is 2.88. The van der Waals surface area contributed by atoms with Crippen LogP contribution >= 0.6 is 11.6 Å². The molecule has 1 heterocycles. The summed E-state index contributed by atoms with van der Waals surface area (Å²) < 4.78 is 1.63. The predicted molar refractivity (Wildman–Crippen MR) is 76.4 cm³/mol. The number of anilines is 2. The van der Waals surface area contributed by atoms with Crippen LogP contribution in [0.25, 0.3) is 0 Å². The summed E-state index contributed by atoms with van der Waals surface area (Å²) in [5.41, 5.74) is 8.04. The average molecular weight is 279 g/mol. The first-order valence-electron chi connectivity index (χ1n) is 5.90. The molecule has 0 bridgehead atoms. The molecule has 1 aromatic heterocycles. The maximum Gasteiger partial charge on any atom is 0.259 e. The molecular formula is C13H15ClN4O. The summed E-state index contributed by atoms with van der Waals surface area (Å²) in [5, 5.41) is 7.43. The van der Waals surface area contributed by atoms with Gasteiger partial charge in [0, 0.05) is 18.9 Å². The maximum atomic E-state index is 12.2. The van der Waals surface area contributed by atoms with E-state index in [0.29, 0.717) is 28.4 Å². The second-order valence-corrected chi connectivity index (χ2v) is 4.61. The van der Waals surface area contributed by atoms with E-state index in [-0.39, 0.29) is 5.91 Å². The Morgan fingerprint density at radius 1 is 1.53 bits per heavy atom. The topological polar surface area (TPSA) is 72.9 Å². The van der Waals surface area contributed by atoms with Gasteiger partial charge in [-0.25, -0.2) is 0 Å². The number of aryl methyl sites for hydroxylation is 2. The Hall–Kier alpha value is -2.01. The molecule has 0 radical (unpaired) electrons. The lowest BCUT2D eigenvalue weighted by Crippen LogP contribution is -2.13. The van der Waals surface area contributed by atoms with Crippen LogP contribution in [-0.2, 0) is 13.5 Å². The third-order valence-corrected chi connectivity index (χ3v) is 3.07. The zero-order chi connectivity index (χ0) is 14.0. The van der Waals surface area contributed by atoms with Crippen molar-refractivity contribution in [3.8, 4) is 0 Å². The van der Waals surface area contributed by atoms with Crippen molar-refractivity contribution in [1.29, 1.82) is 0 Å². The molecule has 0 atom stereocenters. The molecule has 2 aromatic rings. The molecule has 1 aromatic carbocycles. The van der Waals surface area contributed by atoms with Crippen LogP contribution in [0.15, 0.2) is 24.4 Å². The highest BCUT2D eigenvalue weighted by molar-refractivity contribution is 6.33. The van der Waals surface area contributed by atoms with Crippen molar-refractivity contribution in [3.63, 3.8) is 0 Å². The molecule has 0 saturated carbocycles. The lowest BCUT2D eigenvalue weighted by atomic mass is 10.2. The van der Waals surface area contributed by atoms with Crippen molar-refractivity contribution in [2.75, 3.05) is 11.1 Å². The molecule has 0 aliphatic rings. The monoisotopic (exact) mass is 278 g/mol. The molecule has 6 heteroatoms. The maximum absolute atomic E-state index is 12.2. The molecule has 2 rings (SSSR count). The SMILES string of the molecule is CCc1nn(C)cc1C(=O)Nc1ccc(N)c(Cl)c1. The molecule has 5 nitrogen and oxygen atoms in total. The summed E-state index contributed by atoms with van der Waals surface area (Å²) in [5.74, 6) is -0.203. The Morgan fingerprint density at radius 3 is 2.89 bits per heavy atom. The first-order chi connectivity index (χ1) is 9.01. The lowest BCUT2D eigenvalue weighted by molar-refractivity contribution is 0.102. The van der Waals surface area contributed by atoms with Crippen LogP contribution in [0.3, 0.4) is 0 Å². The van der Waals surface area contributed by atoms with E-state index >= 15 is 0 Å². The molecule has 0 saturated heterocycles. The van der Waals surface area contributed by atoms with E-state index < -0.39 is 0 Å². The zero-order valence-electron chi connectivity index (χ0n) is 10.8. The first kappa shape index (κ1) is 13.4. The summed E-state index contributed by atoms with van der Waals surface area (Å²) in [6.45, 7) is 1.96. The fraction of sp³-hybridized carbons (Fsp3) is 0.231. The summed E-state index contributed by atoms with van der Waals surface area (Å²) in [6, 6.07) is 4.99. The third-order valence-electron chi connectivity index (χ3n) is 2.74. The van der Waals surface area contributed by atoms with Gasteiger partial charge in [0.1, 0.15) is 0 Å². The van der Waals surface area contributed by atoms with E-state index in [9.17, 15) is 4.79 Å². The number of hydrogen-bond donors (Lipinski definition) is 2. The average Bonchev–Trinajstić information content (AvgIpc) is 2.75. The molecule has 100 valence electrons. The van der Waals surface area contributed by atoms with Crippen molar-refractivity contribution in [1.82, 2.24) is 9.78 Å². The van der Waals surface area contributed by atoms with Gasteiger partial charge in [0.25, 0.3) is 5.91 Å². The minimum atomic E-state index is -0.203. The number of hydrogen-bond acceptors (Lipinski definition) is 3. The zero-order valence-corrected chi connectivity index (χ0v) is 11.5. The number of aromatic nitrogens is 2. The summed E-state index contributed by atoms with van der Waals surface area (Å²) in [4.78, 5) is 12.2. The largest absolute Gasteiger partial charge is 0.398 e. The van der Waals surface area contributed by atoms with Crippen LogP contribution < -0.4 is 11.1 Å².